The smallest absolute Gasteiger partial charge is 0.349 e. The summed E-state index contributed by atoms with van der Waals surface area (Å²) in [6.07, 6.45) is -3.91. The summed E-state index contributed by atoms with van der Waals surface area (Å²) in [6.45, 7) is 1.90. The maximum absolute atomic E-state index is 13.0. The van der Waals surface area contributed by atoms with Gasteiger partial charge in [-0.25, -0.2) is 0 Å². The number of aromatic nitrogens is 4. The van der Waals surface area contributed by atoms with Crippen LogP contribution < -0.4 is 10.2 Å². The van der Waals surface area contributed by atoms with Crippen molar-refractivity contribution < 1.29 is 18.0 Å². The third kappa shape index (κ3) is 3.99. The van der Waals surface area contributed by atoms with E-state index < -0.39 is 12.0 Å². The van der Waals surface area contributed by atoms with Crippen molar-refractivity contribution in [3.8, 4) is 0 Å². The molecule has 1 N–H and O–H groups in total. The number of hydrogen-bond acceptors (Lipinski definition) is 5. The maximum Gasteiger partial charge on any atom is 0.453 e. The fourth-order valence-corrected chi connectivity index (χ4v) is 2.60. The van der Waals surface area contributed by atoms with Crippen molar-refractivity contribution in [1.82, 2.24) is 19.8 Å². The molecule has 0 bridgehead atoms. The standard InChI is InChI=1S/C17H17F3N6O/c1-3-11-6-4-5-7-12(11)21-15(27)10-25(2)14-9-8-13-22-23-16(17(18,19)20)26(13)24-14/h4-9H,3,10H2,1-2H3,(H,21,27). The first kappa shape index (κ1) is 18.6. The van der Waals surface area contributed by atoms with Crippen LogP contribution in [0.15, 0.2) is 36.4 Å². The Labute approximate surface area is 152 Å². The zero-order valence-electron chi connectivity index (χ0n) is 14.7. The summed E-state index contributed by atoms with van der Waals surface area (Å²) in [5, 5.41) is 13.3. The maximum atomic E-state index is 13.0. The molecule has 10 heteroatoms. The van der Waals surface area contributed by atoms with Crippen LogP contribution in [-0.2, 0) is 17.4 Å². The molecule has 0 aliphatic heterocycles. The number of rotatable bonds is 5. The Hall–Kier alpha value is -3.17. The van der Waals surface area contributed by atoms with Gasteiger partial charge in [0.15, 0.2) is 5.65 Å². The minimum Gasteiger partial charge on any atom is -0.349 e. The normalized spacial score (nSPS) is 11.6. The molecule has 3 rings (SSSR count). The van der Waals surface area contributed by atoms with Crippen LogP contribution in [0.4, 0.5) is 24.7 Å². The highest BCUT2D eigenvalue weighted by Gasteiger charge is 2.37. The SMILES string of the molecule is CCc1ccccc1NC(=O)CN(C)c1ccc2nnc(C(F)(F)F)n2n1. The summed E-state index contributed by atoms with van der Waals surface area (Å²) in [5.41, 5.74) is 1.67. The first-order valence-corrected chi connectivity index (χ1v) is 8.18. The quantitative estimate of drug-likeness (QED) is 0.739. The van der Waals surface area contributed by atoms with Crippen molar-refractivity contribution in [2.45, 2.75) is 19.5 Å². The third-order valence-corrected chi connectivity index (χ3v) is 3.95. The molecule has 0 aliphatic carbocycles. The summed E-state index contributed by atoms with van der Waals surface area (Å²) in [6, 6.07) is 10.3. The summed E-state index contributed by atoms with van der Waals surface area (Å²) in [4.78, 5) is 13.8. The number of carbonyl (C=O) groups is 1. The Balaban J connectivity index is 1.77. The predicted molar refractivity (Wildman–Crippen MR) is 93.5 cm³/mol. The van der Waals surface area contributed by atoms with E-state index in [4.69, 9.17) is 0 Å². The molecular weight excluding hydrogens is 361 g/mol. The van der Waals surface area contributed by atoms with Gasteiger partial charge < -0.3 is 10.2 Å². The van der Waals surface area contributed by atoms with Crippen LogP contribution >= 0.6 is 0 Å². The number of amides is 1. The lowest BCUT2D eigenvalue weighted by Gasteiger charge is -2.18. The summed E-state index contributed by atoms with van der Waals surface area (Å²) in [5.74, 6) is -1.33. The number of benzene rings is 1. The van der Waals surface area contributed by atoms with E-state index >= 15 is 0 Å². The molecule has 2 heterocycles. The number of carbonyl (C=O) groups excluding carboxylic acids is 1. The Morgan fingerprint density at radius 1 is 1.19 bits per heavy atom. The predicted octanol–water partition coefficient (Wildman–Crippen LogP) is 2.78. The van der Waals surface area contributed by atoms with Gasteiger partial charge >= 0.3 is 6.18 Å². The van der Waals surface area contributed by atoms with Crippen LogP contribution in [0.3, 0.4) is 0 Å². The van der Waals surface area contributed by atoms with Crippen molar-refractivity contribution in [1.29, 1.82) is 0 Å². The summed E-state index contributed by atoms with van der Waals surface area (Å²) in [7, 11) is 1.57. The van der Waals surface area contributed by atoms with Gasteiger partial charge in [0.1, 0.15) is 5.82 Å². The van der Waals surface area contributed by atoms with Crippen LogP contribution in [0.1, 0.15) is 18.3 Å². The molecular formula is C17H17F3N6O. The van der Waals surface area contributed by atoms with Gasteiger partial charge in [-0.3, -0.25) is 4.79 Å². The van der Waals surface area contributed by atoms with Gasteiger partial charge in [-0.2, -0.15) is 17.7 Å². The number of nitrogens with one attached hydrogen (secondary N) is 1. The number of fused-ring (bicyclic) bond motifs is 1. The van der Waals surface area contributed by atoms with E-state index in [9.17, 15) is 18.0 Å². The van der Waals surface area contributed by atoms with Crippen molar-refractivity contribution in [3.63, 3.8) is 0 Å². The molecule has 3 aromatic rings. The molecule has 0 unspecified atom stereocenters. The lowest BCUT2D eigenvalue weighted by Crippen LogP contribution is -2.31. The molecule has 0 radical (unpaired) electrons. The number of para-hydroxylation sites is 1. The number of likely N-dealkylation sites (N-methyl/N-ethyl adjacent to an activating group) is 1. The highest BCUT2D eigenvalue weighted by atomic mass is 19.4. The molecule has 1 amide bonds. The number of anilines is 2. The lowest BCUT2D eigenvalue weighted by atomic mass is 10.1. The number of halogens is 3. The van der Waals surface area contributed by atoms with Crippen LogP contribution in [0, 0.1) is 0 Å². The fourth-order valence-electron chi connectivity index (χ4n) is 2.60. The van der Waals surface area contributed by atoms with Crippen LogP contribution in [-0.4, -0.2) is 39.3 Å². The van der Waals surface area contributed by atoms with Gasteiger partial charge in [0, 0.05) is 12.7 Å². The van der Waals surface area contributed by atoms with E-state index in [0.29, 0.717) is 10.2 Å². The molecule has 0 atom stereocenters. The second-order valence-electron chi connectivity index (χ2n) is 5.90. The van der Waals surface area contributed by atoms with Crippen molar-refractivity contribution in [2.24, 2.45) is 0 Å². The number of aryl methyl sites for hydroxylation is 1. The molecule has 0 aliphatic rings. The molecule has 1 aromatic carbocycles. The zero-order valence-corrected chi connectivity index (χ0v) is 14.7. The second kappa shape index (κ2) is 7.22. The van der Waals surface area contributed by atoms with Crippen molar-refractivity contribution in [3.05, 3.63) is 47.8 Å². The largest absolute Gasteiger partial charge is 0.453 e. The van der Waals surface area contributed by atoms with Gasteiger partial charge in [0.2, 0.25) is 5.91 Å². The highest BCUT2D eigenvalue weighted by molar-refractivity contribution is 5.94. The topological polar surface area (TPSA) is 75.4 Å². The van der Waals surface area contributed by atoms with E-state index in [1.165, 1.54) is 17.0 Å². The Kier molecular flexibility index (Phi) is 4.98. The first-order valence-electron chi connectivity index (χ1n) is 8.18. The molecule has 0 saturated heterocycles. The van der Waals surface area contributed by atoms with E-state index in [2.05, 4.69) is 20.6 Å². The molecule has 0 saturated carbocycles. The molecule has 0 fully saturated rings. The van der Waals surface area contributed by atoms with E-state index in [0.717, 1.165) is 12.0 Å². The van der Waals surface area contributed by atoms with Crippen molar-refractivity contribution >= 4 is 23.1 Å². The Bertz CT molecular complexity index is 969. The van der Waals surface area contributed by atoms with Gasteiger partial charge in [-0.15, -0.1) is 15.3 Å². The highest BCUT2D eigenvalue weighted by Crippen LogP contribution is 2.27. The Morgan fingerprint density at radius 3 is 2.63 bits per heavy atom. The lowest BCUT2D eigenvalue weighted by molar-refractivity contribution is -0.146. The number of nitrogens with zero attached hydrogens (tertiary/aromatic N) is 5. The summed E-state index contributed by atoms with van der Waals surface area (Å²) >= 11 is 0. The minimum atomic E-state index is -4.68. The average Bonchev–Trinajstić information content (AvgIpc) is 3.05. The summed E-state index contributed by atoms with van der Waals surface area (Å²) < 4.78 is 39.5. The molecule has 0 spiro atoms. The Morgan fingerprint density at radius 2 is 1.93 bits per heavy atom. The van der Waals surface area contributed by atoms with Crippen molar-refractivity contribution in [2.75, 3.05) is 23.8 Å². The van der Waals surface area contributed by atoms with Gasteiger partial charge in [0.25, 0.3) is 5.82 Å². The van der Waals surface area contributed by atoms with E-state index in [1.54, 1.807) is 13.1 Å². The monoisotopic (exact) mass is 378 g/mol. The van der Waals surface area contributed by atoms with Crippen LogP contribution in [0.25, 0.3) is 5.65 Å². The molecule has 2 aromatic heterocycles. The van der Waals surface area contributed by atoms with Crippen LogP contribution in [0.5, 0.6) is 0 Å². The van der Waals surface area contributed by atoms with E-state index in [-0.39, 0.29) is 23.9 Å². The second-order valence-corrected chi connectivity index (χ2v) is 5.90. The van der Waals surface area contributed by atoms with Gasteiger partial charge in [0.05, 0.1) is 6.54 Å². The zero-order chi connectivity index (χ0) is 19.6. The first-order chi connectivity index (χ1) is 12.8. The minimum absolute atomic E-state index is 0.0270. The van der Waals surface area contributed by atoms with Gasteiger partial charge in [-0.1, -0.05) is 25.1 Å². The third-order valence-electron chi connectivity index (χ3n) is 3.95. The van der Waals surface area contributed by atoms with E-state index in [1.807, 2.05) is 25.1 Å². The molecule has 142 valence electrons. The number of alkyl halides is 3. The average molecular weight is 378 g/mol. The molecule has 7 nitrogen and oxygen atoms in total. The number of hydrogen-bond donors (Lipinski definition) is 1. The van der Waals surface area contributed by atoms with Gasteiger partial charge in [-0.05, 0) is 30.2 Å². The molecule has 27 heavy (non-hydrogen) atoms. The fraction of sp³-hybridized carbons (Fsp3) is 0.294. The van der Waals surface area contributed by atoms with Crippen LogP contribution in [0.2, 0.25) is 0 Å².